The predicted molar refractivity (Wildman–Crippen MR) is 209 cm³/mol. The van der Waals surface area contributed by atoms with E-state index in [1.807, 2.05) is 54.6 Å². The smallest absolute Gasteiger partial charge is 0.164 e. The van der Waals surface area contributed by atoms with E-state index in [1.165, 1.54) is 27.3 Å². The van der Waals surface area contributed by atoms with Gasteiger partial charge < -0.3 is 4.42 Å². The first kappa shape index (κ1) is 29.0. The first-order chi connectivity index (χ1) is 25.3. The highest BCUT2D eigenvalue weighted by Crippen LogP contribution is 2.41. The van der Waals surface area contributed by atoms with Gasteiger partial charge in [0.1, 0.15) is 11.2 Å². The second kappa shape index (κ2) is 11.9. The first-order valence-electron chi connectivity index (χ1n) is 17.1. The highest BCUT2D eigenvalue weighted by Gasteiger charge is 2.20. The molecule has 51 heavy (non-hydrogen) atoms. The van der Waals surface area contributed by atoms with Crippen molar-refractivity contribution in [1.29, 1.82) is 0 Å². The molecule has 0 aliphatic rings. The van der Waals surface area contributed by atoms with Gasteiger partial charge in [-0.05, 0) is 74.1 Å². The third-order valence-electron chi connectivity index (χ3n) is 9.70. The Morgan fingerprint density at radius 1 is 0.314 bits per heavy atom. The summed E-state index contributed by atoms with van der Waals surface area (Å²) in [6.45, 7) is 0. The molecular formula is C47H29N3O. The quantitative estimate of drug-likeness (QED) is 0.174. The summed E-state index contributed by atoms with van der Waals surface area (Å²) in [5, 5.41) is 6.72. The number of fused-ring (bicyclic) bond motifs is 6. The van der Waals surface area contributed by atoms with Gasteiger partial charge in [-0.1, -0.05) is 146 Å². The minimum absolute atomic E-state index is 0.594. The number of hydrogen-bond donors (Lipinski definition) is 0. The van der Waals surface area contributed by atoms with Crippen molar-refractivity contribution in [2.75, 3.05) is 0 Å². The topological polar surface area (TPSA) is 51.8 Å². The molecule has 0 N–H and O–H groups in total. The lowest BCUT2D eigenvalue weighted by molar-refractivity contribution is 0.669. The number of furan rings is 1. The summed E-state index contributed by atoms with van der Waals surface area (Å²) >= 11 is 0. The Bertz CT molecular complexity index is 2900. The Morgan fingerprint density at radius 2 is 0.922 bits per heavy atom. The minimum atomic E-state index is 0.594. The molecule has 0 aliphatic heterocycles. The summed E-state index contributed by atoms with van der Waals surface area (Å²) in [6.07, 6.45) is 0. The van der Waals surface area contributed by atoms with E-state index >= 15 is 0 Å². The molecule has 2 aromatic heterocycles. The van der Waals surface area contributed by atoms with E-state index in [2.05, 4.69) is 121 Å². The Morgan fingerprint density at radius 3 is 1.69 bits per heavy atom. The van der Waals surface area contributed by atoms with Gasteiger partial charge in [0.2, 0.25) is 0 Å². The van der Waals surface area contributed by atoms with Crippen LogP contribution in [0, 0.1) is 0 Å². The summed E-state index contributed by atoms with van der Waals surface area (Å²) in [6, 6.07) is 61.0. The van der Waals surface area contributed by atoms with Gasteiger partial charge in [0.05, 0.1) is 0 Å². The van der Waals surface area contributed by atoms with Crippen LogP contribution in [-0.4, -0.2) is 15.0 Å². The van der Waals surface area contributed by atoms with E-state index in [-0.39, 0.29) is 0 Å². The van der Waals surface area contributed by atoms with Crippen molar-refractivity contribution < 1.29 is 4.42 Å². The maximum absolute atomic E-state index is 6.47. The molecule has 10 aromatic rings. The SMILES string of the molecule is c1ccc(-c2cc(-c3nc(-c4ccccc4)nc(-c4ccc5c(-c6ccccc6)cc6ccccc6c5c4)n3)c3c(c2)oc2ccccc23)cc1. The third kappa shape index (κ3) is 5.04. The molecule has 0 amide bonds. The Labute approximate surface area is 294 Å². The fraction of sp³-hybridized carbons (Fsp3) is 0. The fourth-order valence-electron chi connectivity index (χ4n) is 7.27. The van der Waals surface area contributed by atoms with Crippen LogP contribution in [0.3, 0.4) is 0 Å². The zero-order valence-corrected chi connectivity index (χ0v) is 27.5. The average molecular weight is 652 g/mol. The molecule has 0 unspecified atom stereocenters. The zero-order chi connectivity index (χ0) is 33.7. The molecule has 0 atom stereocenters. The van der Waals surface area contributed by atoms with Gasteiger partial charge in [0.15, 0.2) is 17.5 Å². The molecule has 2 heterocycles. The van der Waals surface area contributed by atoms with Gasteiger partial charge in [-0.25, -0.2) is 15.0 Å². The van der Waals surface area contributed by atoms with E-state index in [0.717, 1.165) is 55.1 Å². The van der Waals surface area contributed by atoms with E-state index in [1.54, 1.807) is 0 Å². The molecule has 0 fully saturated rings. The van der Waals surface area contributed by atoms with Crippen LogP contribution in [0.5, 0.6) is 0 Å². The Kier molecular flexibility index (Phi) is 6.78. The maximum Gasteiger partial charge on any atom is 0.164 e. The van der Waals surface area contributed by atoms with E-state index in [9.17, 15) is 0 Å². The van der Waals surface area contributed by atoms with Crippen LogP contribution in [0.15, 0.2) is 180 Å². The molecule has 10 rings (SSSR count). The lowest BCUT2D eigenvalue weighted by Crippen LogP contribution is -2.01. The van der Waals surface area contributed by atoms with Gasteiger partial charge in [-0.2, -0.15) is 0 Å². The Hall–Kier alpha value is -6.91. The molecule has 0 saturated carbocycles. The maximum atomic E-state index is 6.47. The molecule has 4 nitrogen and oxygen atoms in total. The van der Waals surface area contributed by atoms with Crippen LogP contribution < -0.4 is 0 Å². The van der Waals surface area contributed by atoms with Crippen LogP contribution in [0.25, 0.3) is 99.9 Å². The van der Waals surface area contributed by atoms with E-state index in [4.69, 9.17) is 19.4 Å². The molecular weight excluding hydrogens is 623 g/mol. The van der Waals surface area contributed by atoms with E-state index in [0.29, 0.717) is 17.5 Å². The van der Waals surface area contributed by atoms with Crippen LogP contribution in [0.4, 0.5) is 0 Å². The third-order valence-corrected chi connectivity index (χ3v) is 9.70. The van der Waals surface area contributed by atoms with Crippen LogP contribution >= 0.6 is 0 Å². The molecule has 0 aliphatic carbocycles. The molecule has 0 radical (unpaired) electrons. The van der Waals surface area contributed by atoms with Gasteiger partial charge in [-0.15, -0.1) is 0 Å². The number of benzene rings is 8. The molecule has 0 spiro atoms. The predicted octanol–water partition coefficient (Wildman–Crippen LogP) is 12.4. The highest BCUT2D eigenvalue weighted by atomic mass is 16.3. The molecule has 238 valence electrons. The summed E-state index contributed by atoms with van der Waals surface area (Å²) in [7, 11) is 0. The largest absolute Gasteiger partial charge is 0.456 e. The number of hydrogen-bond acceptors (Lipinski definition) is 4. The van der Waals surface area contributed by atoms with E-state index < -0.39 is 0 Å². The van der Waals surface area contributed by atoms with Crippen molar-refractivity contribution in [3.05, 3.63) is 176 Å². The van der Waals surface area contributed by atoms with Crippen LogP contribution in [0.1, 0.15) is 0 Å². The number of rotatable bonds is 5. The number of nitrogens with zero attached hydrogens (tertiary/aromatic N) is 3. The number of para-hydroxylation sites is 1. The Balaban J connectivity index is 1.25. The number of aromatic nitrogens is 3. The van der Waals surface area contributed by atoms with Crippen molar-refractivity contribution >= 4 is 43.5 Å². The summed E-state index contributed by atoms with van der Waals surface area (Å²) in [5.74, 6) is 1.82. The van der Waals surface area contributed by atoms with Gasteiger partial charge in [-0.3, -0.25) is 0 Å². The standard InChI is InChI=1S/C47H29N3O/c1-4-14-30(15-5-1)35-28-41(44-38-22-12-13-23-42(38)51-43(44)29-35)47-49-45(32-18-8-3-9-19-32)48-46(50-47)34-24-25-37-39(31-16-6-2-7-17-31)26-33-20-10-11-21-36(33)40(37)27-34/h1-29H. The second-order valence-corrected chi connectivity index (χ2v) is 12.8. The first-order valence-corrected chi connectivity index (χ1v) is 17.1. The zero-order valence-electron chi connectivity index (χ0n) is 27.5. The summed E-state index contributed by atoms with van der Waals surface area (Å²) in [4.78, 5) is 15.6. The van der Waals surface area contributed by atoms with Crippen molar-refractivity contribution in [2.24, 2.45) is 0 Å². The minimum Gasteiger partial charge on any atom is -0.456 e. The monoisotopic (exact) mass is 651 g/mol. The van der Waals surface area contributed by atoms with Gasteiger partial charge in [0, 0.05) is 27.5 Å². The van der Waals surface area contributed by atoms with Crippen LogP contribution in [0.2, 0.25) is 0 Å². The summed E-state index contributed by atoms with van der Waals surface area (Å²) < 4.78 is 6.47. The van der Waals surface area contributed by atoms with Gasteiger partial charge in [0.25, 0.3) is 0 Å². The van der Waals surface area contributed by atoms with Crippen molar-refractivity contribution in [3.63, 3.8) is 0 Å². The van der Waals surface area contributed by atoms with Crippen molar-refractivity contribution in [1.82, 2.24) is 15.0 Å². The van der Waals surface area contributed by atoms with Crippen LogP contribution in [-0.2, 0) is 0 Å². The molecule has 8 aromatic carbocycles. The van der Waals surface area contributed by atoms with Crippen molar-refractivity contribution in [2.45, 2.75) is 0 Å². The molecule has 0 saturated heterocycles. The summed E-state index contributed by atoms with van der Waals surface area (Å²) in [5.41, 5.74) is 8.87. The average Bonchev–Trinajstić information content (AvgIpc) is 3.59. The lowest BCUT2D eigenvalue weighted by Gasteiger charge is -2.14. The normalized spacial score (nSPS) is 11.5. The van der Waals surface area contributed by atoms with Crippen molar-refractivity contribution in [3.8, 4) is 56.4 Å². The lowest BCUT2D eigenvalue weighted by atomic mass is 9.92. The fourth-order valence-corrected chi connectivity index (χ4v) is 7.27. The molecule has 4 heteroatoms. The van der Waals surface area contributed by atoms with Gasteiger partial charge >= 0.3 is 0 Å². The molecule has 0 bridgehead atoms. The second-order valence-electron chi connectivity index (χ2n) is 12.8. The highest BCUT2D eigenvalue weighted by molar-refractivity contribution is 6.15.